The lowest BCUT2D eigenvalue weighted by Crippen LogP contribution is -2.54. The number of nitrogens with zero attached hydrogens (tertiary/aromatic N) is 6. The van der Waals surface area contributed by atoms with E-state index >= 15 is 0 Å². The summed E-state index contributed by atoms with van der Waals surface area (Å²) >= 11 is 0. The normalized spacial score (nSPS) is 17.6. The van der Waals surface area contributed by atoms with Gasteiger partial charge in [0.1, 0.15) is 5.82 Å². The van der Waals surface area contributed by atoms with E-state index in [1.807, 2.05) is 36.7 Å². The average molecular weight is 434 g/mol. The summed E-state index contributed by atoms with van der Waals surface area (Å²) in [5.41, 5.74) is 6.53. The summed E-state index contributed by atoms with van der Waals surface area (Å²) in [6.45, 7) is 5.09. The SMILES string of the molecule is N#Cc1ccc(-c2cc3n(c2)Cc2nc(N4CCC5(CNC5)C4)ccc2-n2ccnc2-3)cc1. The zero-order valence-corrected chi connectivity index (χ0v) is 18.2. The van der Waals surface area contributed by atoms with Crippen LogP contribution in [0, 0.1) is 16.7 Å². The Morgan fingerprint density at radius 1 is 1.06 bits per heavy atom. The first-order valence-electron chi connectivity index (χ1n) is 11.4. The summed E-state index contributed by atoms with van der Waals surface area (Å²) in [7, 11) is 0. The largest absolute Gasteiger partial charge is 0.356 e. The van der Waals surface area contributed by atoms with Crippen LogP contribution in [0.15, 0.2) is 61.1 Å². The van der Waals surface area contributed by atoms with E-state index in [1.54, 1.807) is 0 Å². The van der Waals surface area contributed by atoms with Crippen molar-refractivity contribution in [2.24, 2.45) is 5.41 Å². The number of benzene rings is 1. The fourth-order valence-electron chi connectivity index (χ4n) is 5.46. The number of nitrogens with one attached hydrogen (secondary N) is 1. The molecule has 2 saturated heterocycles. The highest BCUT2D eigenvalue weighted by atomic mass is 15.2. The molecule has 1 spiro atoms. The maximum atomic E-state index is 9.11. The van der Waals surface area contributed by atoms with E-state index in [1.165, 1.54) is 6.42 Å². The Labute approximate surface area is 191 Å². The zero-order valence-electron chi connectivity index (χ0n) is 18.2. The second-order valence-corrected chi connectivity index (χ2v) is 9.46. The van der Waals surface area contributed by atoms with Crippen LogP contribution in [0.2, 0.25) is 0 Å². The molecule has 1 aromatic carbocycles. The topological polar surface area (TPSA) is 74.7 Å². The lowest BCUT2D eigenvalue weighted by molar-refractivity contribution is 0.199. The fourth-order valence-corrected chi connectivity index (χ4v) is 5.46. The number of pyridine rings is 1. The molecule has 33 heavy (non-hydrogen) atoms. The van der Waals surface area contributed by atoms with Crippen molar-refractivity contribution in [2.75, 3.05) is 31.1 Å². The highest BCUT2D eigenvalue weighted by Crippen LogP contribution is 2.38. The lowest BCUT2D eigenvalue weighted by Gasteiger charge is -2.39. The number of rotatable bonds is 2. The molecule has 3 aliphatic rings. The quantitative estimate of drug-likeness (QED) is 0.462. The molecule has 0 radical (unpaired) electrons. The molecule has 3 aromatic heterocycles. The van der Waals surface area contributed by atoms with Gasteiger partial charge in [0, 0.05) is 55.7 Å². The molecule has 0 saturated carbocycles. The van der Waals surface area contributed by atoms with E-state index in [2.05, 4.69) is 54.8 Å². The van der Waals surface area contributed by atoms with E-state index in [0.717, 1.165) is 66.0 Å². The predicted octanol–water partition coefficient (Wildman–Crippen LogP) is 3.44. The third-order valence-electron chi connectivity index (χ3n) is 7.39. The van der Waals surface area contributed by atoms with E-state index in [4.69, 9.17) is 10.2 Å². The van der Waals surface area contributed by atoms with Crippen molar-refractivity contribution in [2.45, 2.75) is 13.0 Å². The number of fused-ring (bicyclic) bond motifs is 5. The van der Waals surface area contributed by atoms with Gasteiger partial charge in [-0.05, 0) is 42.3 Å². The van der Waals surface area contributed by atoms with Crippen LogP contribution < -0.4 is 10.2 Å². The van der Waals surface area contributed by atoms with E-state index in [9.17, 15) is 0 Å². The Hall–Kier alpha value is -3.89. The van der Waals surface area contributed by atoms with Crippen LogP contribution in [0.4, 0.5) is 5.82 Å². The molecule has 7 rings (SSSR count). The highest BCUT2D eigenvalue weighted by Gasteiger charge is 2.43. The summed E-state index contributed by atoms with van der Waals surface area (Å²) in [4.78, 5) is 12.3. The minimum Gasteiger partial charge on any atom is -0.356 e. The van der Waals surface area contributed by atoms with Crippen molar-refractivity contribution in [1.29, 1.82) is 5.26 Å². The molecule has 0 amide bonds. The molecule has 4 aromatic rings. The van der Waals surface area contributed by atoms with Crippen LogP contribution in [-0.4, -0.2) is 45.3 Å². The second kappa shape index (κ2) is 6.80. The molecule has 0 aliphatic carbocycles. The molecule has 6 heterocycles. The first-order chi connectivity index (χ1) is 16.2. The van der Waals surface area contributed by atoms with E-state index < -0.39 is 0 Å². The molecule has 3 aliphatic heterocycles. The maximum Gasteiger partial charge on any atom is 0.161 e. The first-order valence-corrected chi connectivity index (χ1v) is 11.4. The Kier molecular flexibility index (Phi) is 3.85. The Bertz CT molecular complexity index is 1420. The molecule has 0 bridgehead atoms. The summed E-state index contributed by atoms with van der Waals surface area (Å²) in [5.74, 6) is 1.99. The highest BCUT2D eigenvalue weighted by molar-refractivity contribution is 5.72. The van der Waals surface area contributed by atoms with E-state index in [0.29, 0.717) is 17.5 Å². The average Bonchev–Trinajstić information content (AvgIpc) is 3.56. The molecule has 2 fully saturated rings. The molecule has 7 heteroatoms. The lowest BCUT2D eigenvalue weighted by atomic mass is 9.81. The Morgan fingerprint density at radius 2 is 1.94 bits per heavy atom. The number of aromatic nitrogens is 4. The first kappa shape index (κ1) is 18.7. The van der Waals surface area contributed by atoms with Gasteiger partial charge in [0.25, 0.3) is 0 Å². The minimum absolute atomic E-state index is 0.440. The van der Waals surface area contributed by atoms with Crippen LogP contribution in [0.5, 0.6) is 0 Å². The number of anilines is 1. The number of nitriles is 1. The van der Waals surface area contributed by atoms with Gasteiger partial charge in [-0.2, -0.15) is 5.26 Å². The smallest absolute Gasteiger partial charge is 0.161 e. The van der Waals surface area contributed by atoms with Gasteiger partial charge in [-0.3, -0.25) is 4.57 Å². The van der Waals surface area contributed by atoms with Crippen molar-refractivity contribution in [1.82, 2.24) is 24.4 Å². The van der Waals surface area contributed by atoms with Crippen molar-refractivity contribution in [3.63, 3.8) is 0 Å². The van der Waals surface area contributed by atoms with Crippen molar-refractivity contribution < 1.29 is 0 Å². The predicted molar refractivity (Wildman–Crippen MR) is 126 cm³/mol. The van der Waals surface area contributed by atoms with Gasteiger partial charge in [0.05, 0.1) is 35.3 Å². The zero-order chi connectivity index (χ0) is 22.0. The Balaban J connectivity index is 1.29. The molecule has 0 atom stereocenters. The summed E-state index contributed by atoms with van der Waals surface area (Å²) < 4.78 is 4.39. The summed E-state index contributed by atoms with van der Waals surface area (Å²) in [6, 6.07) is 16.5. The van der Waals surface area contributed by atoms with Crippen LogP contribution >= 0.6 is 0 Å². The number of hydrogen-bond acceptors (Lipinski definition) is 5. The van der Waals surface area contributed by atoms with Gasteiger partial charge < -0.3 is 14.8 Å². The maximum absolute atomic E-state index is 9.11. The van der Waals surface area contributed by atoms with Crippen molar-refractivity contribution in [3.05, 3.63) is 72.3 Å². The number of imidazole rings is 1. The molecule has 1 N–H and O–H groups in total. The van der Waals surface area contributed by atoms with Crippen LogP contribution in [0.1, 0.15) is 17.7 Å². The van der Waals surface area contributed by atoms with Crippen molar-refractivity contribution >= 4 is 5.82 Å². The standard InChI is InChI=1S/C26H23N7/c27-12-18-1-3-19(4-2-18)20-11-23-25-29-8-10-33(25)22-5-6-24(30-21(22)14-32(23)13-20)31-9-7-26(17-31)15-28-16-26/h1-6,8,10-11,13,28H,7,9,14-17H2. The molecular weight excluding hydrogens is 410 g/mol. The van der Waals surface area contributed by atoms with E-state index in [-0.39, 0.29) is 0 Å². The van der Waals surface area contributed by atoms with Crippen LogP contribution in [0.3, 0.4) is 0 Å². The van der Waals surface area contributed by atoms with Gasteiger partial charge in [0.2, 0.25) is 0 Å². The molecular formula is C26H23N7. The summed E-state index contributed by atoms with van der Waals surface area (Å²) in [5, 5.41) is 12.5. The Morgan fingerprint density at radius 3 is 2.70 bits per heavy atom. The third kappa shape index (κ3) is 2.84. The monoisotopic (exact) mass is 433 g/mol. The second-order valence-electron chi connectivity index (χ2n) is 9.46. The van der Waals surface area contributed by atoms with Crippen LogP contribution in [-0.2, 0) is 6.54 Å². The summed E-state index contributed by atoms with van der Waals surface area (Å²) in [6.07, 6.45) is 7.28. The minimum atomic E-state index is 0.440. The van der Waals surface area contributed by atoms with Gasteiger partial charge >= 0.3 is 0 Å². The van der Waals surface area contributed by atoms with Gasteiger partial charge in [-0.1, -0.05) is 12.1 Å². The van der Waals surface area contributed by atoms with Crippen molar-refractivity contribution in [3.8, 4) is 34.4 Å². The molecule has 7 nitrogen and oxygen atoms in total. The third-order valence-corrected chi connectivity index (χ3v) is 7.39. The molecule has 0 unspecified atom stereocenters. The van der Waals surface area contributed by atoms with Gasteiger partial charge in [-0.25, -0.2) is 9.97 Å². The number of hydrogen-bond donors (Lipinski definition) is 1. The fraction of sp³-hybridized carbons (Fsp3) is 0.269. The van der Waals surface area contributed by atoms with Crippen LogP contribution in [0.25, 0.3) is 28.3 Å². The van der Waals surface area contributed by atoms with Gasteiger partial charge in [0.15, 0.2) is 5.82 Å². The van der Waals surface area contributed by atoms with Gasteiger partial charge in [-0.15, -0.1) is 0 Å². The molecule has 162 valence electrons.